The number of ether oxygens (including phenoxy) is 1. The number of likely N-dealkylation sites (tertiary alicyclic amines) is 1. The second-order valence-electron chi connectivity index (χ2n) is 9.16. The SMILES string of the molecule is O=C(C[C@H]1C=CCC1)N1CCC[C@H]1c1nc2c(c(=O)[nH]1)CN(C1CCOCC1)CC2. The summed E-state index contributed by atoms with van der Waals surface area (Å²) in [6.45, 7) is 3.99. The highest BCUT2D eigenvalue weighted by Gasteiger charge is 2.34. The van der Waals surface area contributed by atoms with E-state index in [0.717, 1.165) is 82.5 Å². The molecule has 0 saturated carbocycles. The van der Waals surface area contributed by atoms with Crippen LogP contribution in [0.3, 0.4) is 0 Å². The lowest BCUT2D eigenvalue weighted by Crippen LogP contribution is -2.44. The van der Waals surface area contributed by atoms with Gasteiger partial charge in [0.15, 0.2) is 0 Å². The largest absolute Gasteiger partial charge is 0.381 e. The molecule has 1 aromatic rings. The number of fused-ring (bicyclic) bond motifs is 1. The van der Waals surface area contributed by atoms with Gasteiger partial charge >= 0.3 is 0 Å². The third-order valence-corrected chi connectivity index (χ3v) is 7.26. The molecule has 0 unspecified atom stereocenters. The van der Waals surface area contributed by atoms with E-state index in [-0.39, 0.29) is 17.5 Å². The number of carbonyl (C=O) groups is 1. The number of aromatic nitrogens is 2. The third kappa shape index (κ3) is 3.97. The molecule has 0 aromatic carbocycles. The number of rotatable bonds is 4. The summed E-state index contributed by atoms with van der Waals surface area (Å²) in [6, 6.07) is 0.410. The van der Waals surface area contributed by atoms with Crippen molar-refractivity contribution in [1.29, 1.82) is 0 Å². The van der Waals surface area contributed by atoms with Crippen molar-refractivity contribution in [2.45, 2.75) is 70.0 Å². The summed E-state index contributed by atoms with van der Waals surface area (Å²) < 4.78 is 5.48. The first-order chi connectivity index (χ1) is 14.7. The van der Waals surface area contributed by atoms with E-state index in [1.54, 1.807) is 0 Å². The molecule has 30 heavy (non-hydrogen) atoms. The summed E-state index contributed by atoms with van der Waals surface area (Å²) >= 11 is 0. The number of aromatic amines is 1. The Hall–Kier alpha value is -1.99. The van der Waals surface area contributed by atoms with Crippen molar-refractivity contribution >= 4 is 5.91 Å². The van der Waals surface area contributed by atoms with Gasteiger partial charge in [-0.05, 0) is 44.4 Å². The van der Waals surface area contributed by atoms with E-state index in [1.807, 2.05) is 4.90 Å². The van der Waals surface area contributed by atoms with Gasteiger partial charge in [0.05, 0.1) is 17.3 Å². The van der Waals surface area contributed by atoms with Crippen LogP contribution in [-0.2, 0) is 22.5 Å². The molecule has 1 aromatic heterocycles. The van der Waals surface area contributed by atoms with E-state index in [0.29, 0.717) is 30.7 Å². The van der Waals surface area contributed by atoms with Crippen molar-refractivity contribution in [2.75, 3.05) is 26.3 Å². The second-order valence-corrected chi connectivity index (χ2v) is 9.16. The molecule has 2 atom stereocenters. The van der Waals surface area contributed by atoms with Crippen molar-refractivity contribution < 1.29 is 9.53 Å². The van der Waals surface area contributed by atoms with Crippen LogP contribution in [0.25, 0.3) is 0 Å². The molecule has 162 valence electrons. The van der Waals surface area contributed by atoms with Crippen LogP contribution in [0, 0.1) is 5.92 Å². The van der Waals surface area contributed by atoms with Crippen molar-refractivity contribution in [2.24, 2.45) is 5.92 Å². The topological polar surface area (TPSA) is 78.5 Å². The van der Waals surface area contributed by atoms with E-state index in [2.05, 4.69) is 22.0 Å². The van der Waals surface area contributed by atoms with Crippen LogP contribution in [0.1, 0.15) is 68.1 Å². The maximum atomic E-state index is 13.0. The molecule has 0 radical (unpaired) electrons. The van der Waals surface area contributed by atoms with Crippen LogP contribution in [-0.4, -0.2) is 58.0 Å². The summed E-state index contributed by atoms with van der Waals surface area (Å²) in [5.74, 6) is 1.25. The van der Waals surface area contributed by atoms with Gasteiger partial charge in [-0.1, -0.05) is 12.2 Å². The van der Waals surface area contributed by atoms with Gasteiger partial charge in [0.25, 0.3) is 5.56 Å². The van der Waals surface area contributed by atoms with Gasteiger partial charge in [-0.25, -0.2) is 4.98 Å². The summed E-state index contributed by atoms with van der Waals surface area (Å²) in [4.78, 5) is 38.2. The maximum Gasteiger partial charge on any atom is 0.255 e. The molecular formula is C23H32N4O3. The van der Waals surface area contributed by atoms with Gasteiger partial charge in [-0.2, -0.15) is 0 Å². The highest BCUT2D eigenvalue weighted by molar-refractivity contribution is 5.77. The molecule has 7 heteroatoms. The fourth-order valence-corrected chi connectivity index (χ4v) is 5.54. The first-order valence-electron chi connectivity index (χ1n) is 11.6. The Morgan fingerprint density at radius 1 is 1.20 bits per heavy atom. The smallest absolute Gasteiger partial charge is 0.255 e. The number of H-pyrrole nitrogens is 1. The Kier molecular flexibility index (Phi) is 5.74. The van der Waals surface area contributed by atoms with Gasteiger partial charge in [0.2, 0.25) is 5.91 Å². The Morgan fingerprint density at radius 2 is 2.07 bits per heavy atom. The van der Waals surface area contributed by atoms with Crippen molar-refractivity contribution in [3.8, 4) is 0 Å². The Bertz CT molecular complexity index is 874. The minimum absolute atomic E-state index is 0.0233. The number of carbonyl (C=O) groups excluding carboxylic acids is 1. The molecule has 1 N–H and O–H groups in total. The first-order valence-corrected chi connectivity index (χ1v) is 11.6. The number of hydrogen-bond acceptors (Lipinski definition) is 5. The minimum Gasteiger partial charge on any atom is -0.381 e. The molecule has 2 fully saturated rings. The van der Waals surface area contributed by atoms with Crippen LogP contribution < -0.4 is 5.56 Å². The highest BCUT2D eigenvalue weighted by Crippen LogP contribution is 2.32. The predicted octanol–water partition coefficient (Wildman–Crippen LogP) is 2.33. The van der Waals surface area contributed by atoms with E-state index in [1.165, 1.54) is 0 Å². The Labute approximate surface area is 177 Å². The van der Waals surface area contributed by atoms with Gasteiger partial charge in [-0.15, -0.1) is 0 Å². The predicted molar refractivity (Wildman–Crippen MR) is 113 cm³/mol. The molecule has 0 spiro atoms. The van der Waals surface area contributed by atoms with Gasteiger partial charge in [0.1, 0.15) is 5.82 Å². The average molecular weight is 413 g/mol. The quantitative estimate of drug-likeness (QED) is 0.768. The van der Waals surface area contributed by atoms with Crippen molar-refractivity contribution in [1.82, 2.24) is 19.8 Å². The van der Waals surface area contributed by atoms with E-state index in [9.17, 15) is 9.59 Å². The summed E-state index contributed by atoms with van der Waals surface area (Å²) in [7, 11) is 0. The molecule has 7 nitrogen and oxygen atoms in total. The number of allylic oxidation sites excluding steroid dienone is 2. The lowest BCUT2D eigenvalue weighted by Gasteiger charge is -2.37. The first kappa shape index (κ1) is 19.9. The lowest BCUT2D eigenvalue weighted by molar-refractivity contribution is -0.133. The molecule has 4 aliphatic rings. The zero-order chi connectivity index (χ0) is 20.5. The Morgan fingerprint density at radius 3 is 2.87 bits per heavy atom. The average Bonchev–Trinajstić information content (AvgIpc) is 3.46. The number of amides is 1. The lowest BCUT2D eigenvalue weighted by atomic mass is 10.0. The molecule has 0 bridgehead atoms. The van der Waals surface area contributed by atoms with Crippen LogP contribution in [0.5, 0.6) is 0 Å². The summed E-state index contributed by atoms with van der Waals surface area (Å²) in [6.07, 6.45) is 11.8. The second kappa shape index (κ2) is 8.63. The number of nitrogens with zero attached hydrogens (tertiary/aromatic N) is 3. The third-order valence-electron chi connectivity index (χ3n) is 7.26. The fourth-order valence-electron chi connectivity index (χ4n) is 5.54. The van der Waals surface area contributed by atoms with Crippen molar-refractivity contribution in [3.05, 3.63) is 39.6 Å². The normalized spacial score (nSPS) is 27.5. The molecule has 2 saturated heterocycles. The molecular weight excluding hydrogens is 380 g/mol. The van der Waals surface area contributed by atoms with Gasteiger partial charge < -0.3 is 14.6 Å². The maximum absolute atomic E-state index is 13.0. The number of hydrogen-bond donors (Lipinski definition) is 1. The van der Waals surface area contributed by atoms with Gasteiger partial charge in [-0.3, -0.25) is 14.5 Å². The fraction of sp³-hybridized carbons (Fsp3) is 0.696. The van der Waals surface area contributed by atoms with Crippen LogP contribution in [0.4, 0.5) is 0 Å². The van der Waals surface area contributed by atoms with E-state index >= 15 is 0 Å². The zero-order valence-corrected chi connectivity index (χ0v) is 17.6. The van der Waals surface area contributed by atoms with E-state index in [4.69, 9.17) is 9.72 Å². The highest BCUT2D eigenvalue weighted by atomic mass is 16.5. The Balaban J connectivity index is 1.32. The molecule has 1 amide bonds. The molecule has 1 aliphatic carbocycles. The molecule has 3 aliphatic heterocycles. The summed E-state index contributed by atoms with van der Waals surface area (Å²) in [5.41, 5.74) is 1.71. The minimum atomic E-state index is -0.0885. The van der Waals surface area contributed by atoms with Crippen LogP contribution >= 0.6 is 0 Å². The molecule has 5 rings (SSSR count). The summed E-state index contributed by atoms with van der Waals surface area (Å²) in [5, 5.41) is 0. The molecule has 4 heterocycles. The van der Waals surface area contributed by atoms with Gasteiger partial charge in [0, 0.05) is 51.7 Å². The zero-order valence-electron chi connectivity index (χ0n) is 17.6. The van der Waals surface area contributed by atoms with Crippen molar-refractivity contribution in [3.63, 3.8) is 0 Å². The standard InChI is InChI=1S/C23H32N4O3/c28-21(14-16-4-1-2-5-16)27-10-3-6-20(27)22-24-19-7-11-26(15-18(19)23(29)25-22)17-8-12-30-13-9-17/h1,4,16-17,20H,2-3,5-15H2,(H,24,25,29)/t16-,20-/m0/s1. The van der Waals surface area contributed by atoms with Crippen LogP contribution in [0.15, 0.2) is 16.9 Å². The monoisotopic (exact) mass is 412 g/mol. The van der Waals surface area contributed by atoms with Crippen LogP contribution in [0.2, 0.25) is 0 Å². The van der Waals surface area contributed by atoms with E-state index < -0.39 is 0 Å². The number of nitrogens with one attached hydrogen (secondary N) is 1.